The molecule has 0 aliphatic carbocycles. The van der Waals surface area contributed by atoms with Crippen LogP contribution in [0.1, 0.15) is 47.3 Å². The molecule has 18 heteroatoms. The first-order valence-corrected chi connectivity index (χ1v) is 13.9. The second kappa shape index (κ2) is 13.1. The minimum atomic E-state index is -4.51. The Morgan fingerprint density at radius 2 is 1.98 bits per heavy atom. The molecule has 2 aromatic heterocycles. The van der Waals surface area contributed by atoms with Gasteiger partial charge in [-0.25, -0.2) is 19.4 Å². The number of carbonyl (C=O) groups is 2. The maximum atomic E-state index is 13.8. The van der Waals surface area contributed by atoms with E-state index in [1.807, 2.05) is 0 Å². The number of imidazole rings is 1. The largest absolute Gasteiger partial charge is 0.510 e. The highest BCUT2D eigenvalue weighted by molar-refractivity contribution is 7.51. The number of rotatable bonds is 12. The number of fused-ring (bicyclic) bond motifs is 1. The molecule has 0 saturated carbocycles. The average molecular weight is 603 g/mol. The molecule has 0 bridgehead atoms. The molecular formula is C23H32FN6O10P. The van der Waals surface area contributed by atoms with E-state index in [9.17, 15) is 23.7 Å². The number of nitrogens with zero attached hydrogens (tertiary/aromatic N) is 4. The zero-order chi connectivity index (χ0) is 30.5. The molecule has 0 aromatic carbocycles. The van der Waals surface area contributed by atoms with Gasteiger partial charge in [0, 0.05) is 6.42 Å². The van der Waals surface area contributed by atoms with Gasteiger partial charge >= 0.3 is 25.9 Å². The number of nitrogens with one attached hydrogen (secondary N) is 1. The van der Waals surface area contributed by atoms with Gasteiger partial charge in [-0.15, -0.1) is 6.42 Å². The fourth-order valence-electron chi connectivity index (χ4n) is 3.63. The third-order valence-electron chi connectivity index (χ3n) is 5.52. The van der Waals surface area contributed by atoms with Crippen LogP contribution in [0.2, 0.25) is 0 Å². The van der Waals surface area contributed by atoms with Crippen molar-refractivity contribution in [3.05, 3.63) is 12.4 Å². The van der Waals surface area contributed by atoms with Crippen molar-refractivity contribution in [2.75, 3.05) is 19.1 Å². The van der Waals surface area contributed by atoms with E-state index in [1.165, 1.54) is 17.8 Å². The van der Waals surface area contributed by atoms with Crippen LogP contribution in [0, 0.1) is 18.4 Å². The number of ether oxygens (including phenoxy) is 4. The maximum Gasteiger partial charge on any atom is 0.510 e. The van der Waals surface area contributed by atoms with Gasteiger partial charge in [-0.2, -0.15) is 14.4 Å². The number of esters is 1. The summed E-state index contributed by atoms with van der Waals surface area (Å²) in [6.45, 7) is 6.12. The highest BCUT2D eigenvalue weighted by Crippen LogP contribution is 2.47. The van der Waals surface area contributed by atoms with E-state index in [2.05, 4.69) is 26.0 Å². The zero-order valence-electron chi connectivity index (χ0n) is 23.0. The van der Waals surface area contributed by atoms with Crippen molar-refractivity contribution in [2.45, 2.75) is 77.2 Å². The van der Waals surface area contributed by atoms with Gasteiger partial charge in [-0.1, -0.05) is 5.92 Å². The van der Waals surface area contributed by atoms with E-state index in [0.717, 1.165) is 0 Å². The van der Waals surface area contributed by atoms with Gasteiger partial charge in [0.2, 0.25) is 6.79 Å². The Labute approximate surface area is 234 Å². The lowest BCUT2D eigenvalue weighted by atomic mass is 9.99. The number of terminal acetylenes is 1. The number of carbonyl (C=O) groups excluding carboxylic acids is 2. The summed E-state index contributed by atoms with van der Waals surface area (Å²) in [5.41, 5.74) is 3.89. The summed E-state index contributed by atoms with van der Waals surface area (Å²) in [7, 11) is -4.51. The summed E-state index contributed by atoms with van der Waals surface area (Å²) in [6, 6.07) is -1.22. The molecule has 1 aliphatic rings. The number of aromatic nitrogens is 4. The average Bonchev–Trinajstić information content (AvgIpc) is 3.43. The highest BCUT2D eigenvalue weighted by Gasteiger charge is 2.50. The molecule has 41 heavy (non-hydrogen) atoms. The number of aliphatic hydroxyl groups is 1. The van der Waals surface area contributed by atoms with Gasteiger partial charge in [-0.3, -0.25) is 18.4 Å². The van der Waals surface area contributed by atoms with Crippen molar-refractivity contribution < 1.29 is 51.6 Å². The third kappa shape index (κ3) is 7.88. The standard InChI is InChI=1S/C23H32FN6O10P/c1-7-23(15(31)8-16(40-23)30-10-26-17-18(25)27-21(24)28-19(17)30)9-36-41(34,29-14(6)20(32)38-12(2)3)37-11-35-22(33)39-13(4)5/h1,10,12-16,31H,8-9,11H2,2-6H3,(H,29,34)(H2,25,27,28)/t14-,15+,16-,23-,41?/m1/s1. The molecule has 0 radical (unpaired) electrons. The van der Waals surface area contributed by atoms with Crippen LogP contribution in [0.5, 0.6) is 0 Å². The molecule has 1 unspecified atom stereocenters. The van der Waals surface area contributed by atoms with Crippen molar-refractivity contribution >= 4 is 36.9 Å². The van der Waals surface area contributed by atoms with Crippen LogP contribution in [0.4, 0.5) is 15.0 Å². The Morgan fingerprint density at radius 1 is 1.29 bits per heavy atom. The maximum absolute atomic E-state index is 13.8. The summed E-state index contributed by atoms with van der Waals surface area (Å²) in [5, 5.41) is 13.2. The monoisotopic (exact) mass is 602 g/mol. The van der Waals surface area contributed by atoms with Crippen LogP contribution in [-0.2, 0) is 37.4 Å². The SMILES string of the molecule is C#C[C@]1(COP(=O)(N[C@H](C)C(=O)OC(C)C)OCOC(=O)OC(C)C)O[C@@H](n2cnc3c(N)nc(F)nc32)C[C@@H]1O. The quantitative estimate of drug-likeness (QED) is 0.104. The molecule has 1 fully saturated rings. The number of anilines is 1. The lowest BCUT2D eigenvalue weighted by molar-refractivity contribution is -0.149. The number of halogens is 1. The van der Waals surface area contributed by atoms with E-state index < -0.39 is 75.5 Å². The molecule has 1 saturated heterocycles. The minimum absolute atomic E-state index is 0.0143. The van der Waals surface area contributed by atoms with Crippen molar-refractivity contribution in [2.24, 2.45) is 0 Å². The predicted octanol–water partition coefficient (Wildman–Crippen LogP) is 1.79. The van der Waals surface area contributed by atoms with Gasteiger partial charge in [0.15, 0.2) is 22.6 Å². The summed E-state index contributed by atoms with van der Waals surface area (Å²) in [5.74, 6) is 1.31. The number of hydrogen-bond acceptors (Lipinski definition) is 14. The topological polar surface area (TPSA) is 208 Å². The number of nitrogens with two attached hydrogens (primary N) is 1. The Morgan fingerprint density at radius 3 is 2.61 bits per heavy atom. The van der Waals surface area contributed by atoms with Crippen LogP contribution in [0.25, 0.3) is 11.2 Å². The fourth-order valence-corrected chi connectivity index (χ4v) is 4.99. The second-order valence-electron chi connectivity index (χ2n) is 9.47. The predicted molar refractivity (Wildman–Crippen MR) is 138 cm³/mol. The van der Waals surface area contributed by atoms with Crippen LogP contribution in [0.15, 0.2) is 6.33 Å². The number of nitrogen functional groups attached to an aromatic ring is 1. The molecule has 16 nitrogen and oxygen atoms in total. The third-order valence-corrected chi connectivity index (χ3v) is 7.14. The van der Waals surface area contributed by atoms with Gasteiger partial charge in [0.1, 0.15) is 25.0 Å². The van der Waals surface area contributed by atoms with Gasteiger partial charge in [0.05, 0.1) is 18.5 Å². The molecule has 3 heterocycles. The lowest BCUT2D eigenvalue weighted by Crippen LogP contribution is -2.43. The highest BCUT2D eigenvalue weighted by atomic mass is 31.2. The first-order valence-electron chi connectivity index (χ1n) is 12.4. The molecule has 1 aliphatic heterocycles. The van der Waals surface area contributed by atoms with Crippen molar-refractivity contribution in [1.29, 1.82) is 0 Å². The van der Waals surface area contributed by atoms with E-state index in [-0.39, 0.29) is 23.4 Å². The van der Waals surface area contributed by atoms with Crippen molar-refractivity contribution in [3.63, 3.8) is 0 Å². The van der Waals surface area contributed by atoms with E-state index in [4.69, 9.17) is 40.2 Å². The smallest absolute Gasteiger partial charge is 0.462 e. The van der Waals surface area contributed by atoms with Crippen LogP contribution < -0.4 is 10.8 Å². The fraction of sp³-hybridized carbons (Fsp3) is 0.609. The zero-order valence-corrected chi connectivity index (χ0v) is 23.9. The number of hydrogen-bond donors (Lipinski definition) is 3. The van der Waals surface area contributed by atoms with Gasteiger partial charge < -0.3 is 29.8 Å². The Balaban J connectivity index is 1.79. The normalized spacial score (nSPS) is 22.8. The Bertz CT molecular complexity index is 1350. The molecular weight excluding hydrogens is 570 g/mol. The first kappa shape index (κ1) is 32.1. The van der Waals surface area contributed by atoms with Gasteiger partial charge in [-0.05, 0) is 34.6 Å². The molecule has 4 N–H and O–H groups in total. The van der Waals surface area contributed by atoms with E-state index in [0.29, 0.717) is 0 Å². The molecule has 226 valence electrons. The first-order chi connectivity index (χ1) is 19.2. The van der Waals surface area contributed by atoms with Crippen LogP contribution in [0.3, 0.4) is 0 Å². The molecule has 3 rings (SSSR count). The summed E-state index contributed by atoms with van der Waals surface area (Å²) >= 11 is 0. The van der Waals surface area contributed by atoms with E-state index >= 15 is 0 Å². The van der Waals surface area contributed by atoms with Gasteiger partial charge in [0.25, 0.3) is 0 Å². The second-order valence-corrected chi connectivity index (χ2v) is 11.2. The summed E-state index contributed by atoms with van der Waals surface area (Å²) in [6.07, 6.45) is 1.23. The molecule has 2 aromatic rings. The Hall–Kier alpha value is -3.39. The van der Waals surface area contributed by atoms with Crippen molar-refractivity contribution in [1.82, 2.24) is 24.6 Å². The summed E-state index contributed by atoms with van der Waals surface area (Å²) in [4.78, 5) is 35.2. The van der Waals surface area contributed by atoms with Crippen LogP contribution >= 0.6 is 7.75 Å². The molecule has 0 spiro atoms. The van der Waals surface area contributed by atoms with E-state index in [1.54, 1.807) is 27.7 Å². The number of aliphatic hydroxyl groups excluding tert-OH is 1. The lowest BCUT2D eigenvalue weighted by Gasteiger charge is -2.29. The van der Waals surface area contributed by atoms with Crippen LogP contribution in [-0.4, -0.2) is 80.1 Å². The minimum Gasteiger partial charge on any atom is -0.462 e. The molecule has 0 amide bonds. The van der Waals surface area contributed by atoms with Crippen molar-refractivity contribution in [3.8, 4) is 12.3 Å². The molecule has 5 atom stereocenters. The Kier molecular flexibility index (Phi) is 10.2. The summed E-state index contributed by atoms with van der Waals surface area (Å²) < 4.78 is 60.0.